The summed E-state index contributed by atoms with van der Waals surface area (Å²) in [5.41, 5.74) is 1.67. The molecule has 0 atom stereocenters. The number of aromatic nitrogens is 2. The van der Waals surface area contributed by atoms with Crippen molar-refractivity contribution < 1.29 is 13.7 Å². The quantitative estimate of drug-likeness (QED) is 0.753. The molecule has 3 aromatic rings. The Kier molecular flexibility index (Phi) is 4.60. The van der Waals surface area contributed by atoms with Crippen LogP contribution in [-0.4, -0.2) is 15.8 Å². The number of halogens is 1. The van der Waals surface area contributed by atoms with Crippen molar-refractivity contribution in [2.45, 2.75) is 19.9 Å². The largest absolute Gasteiger partial charge is 0.359 e. The zero-order valence-corrected chi connectivity index (χ0v) is 13.1. The van der Waals surface area contributed by atoms with E-state index in [-0.39, 0.29) is 12.2 Å². The molecule has 2 amide bonds. The van der Waals surface area contributed by atoms with E-state index in [1.54, 1.807) is 18.2 Å². The maximum absolute atomic E-state index is 13.9. The van der Waals surface area contributed by atoms with E-state index in [0.29, 0.717) is 5.76 Å². The average molecular weight is 328 g/mol. The molecule has 2 aromatic heterocycles. The number of amides is 2. The van der Waals surface area contributed by atoms with Crippen LogP contribution in [0.3, 0.4) is 0 Å². The number of nitrogens with zero attached hydrogens (tertiary/aromatic N) is 2. The summed E-state index contributed by atoms with van der Waals surface area (Å²) in [5, 5.41) is 8.95. The van der Waals surface area contributed by atoms with E-state index in [9.17, 15) is 9.18 Å². The van der Waals surface area contributed by atoms with Gasteiger partial charge in [-0.15, -0.1) is 0 Å². The highest BCUT2D eigenvalue weighted by Gasteiger charge is 2.10. The average Bonchev–Trinajstić information content (AvgIpc) is 3.26. The molecule has 2 N–H and O–H groups in total. The molecule has 0 aliphatic rings. The van der Waals surface area contributed by atoms with Crippen molar-refractivity contribution in [2.24, 2.45) is 0 Å². The van der Waals surface area contributed by atoms with Crippen LogP contribution in [0, 0.1) is 5.82 Å². The highest BCUT2D eigenvalue weighted by Crippen LogP contribution is 2.19. The van der Waals surface area contributed by atoms with Gasteiger partial charge in [-0.25, -0.2) is 9.18 Å². The van der Waals surface area contributed by atoms with Crippen molar-refractivity contribution in [3.05, 3.63) is 66.1 Å². The maximum Gasteiger partial charge on any atom is 0.319 e. The minimum Gasteiger partial charge on any atom is -0.359 e. The Morgan fingerprint density at radius 3 is 2.79 bits per heavy atom. The number of carbonyl (C=O) groups is 1. The second-order valence-corrected chi connectivity index (χ2v) is 5.20. The summed E-state index contributed by atoms with van der Waals surface area (Å²) >= 11 is 0. The first-order valence-corrected chi connectivity index (χ1v) is 7.58. The molecule has 0 radical (unpaired) electrons. The van der Waals surface area contributed by atoms with Crippen LogP contribution in [0.25, 0.3) is 5.69 Å². The Labute approximate surface area is 138 Å². The van der Waals surface area contributed by atoms with Gasteiger partial charge in [0.1, 0.15) is 5.82 Å². The van der Waals surface area contributed by atoms with Crippen LogP contribution in [0.4, 0.5) is 14.9 Å². The Morgan fingerprint density at radius 2 is 2.08 bits per heavy atom. The Bertz CT molecular complexity index is 827. The molecule has 0 unspecified atom stereocenters. The number of hydrogen-bond acceptors (Lipinski definition) is 3. The molecule has 1 aromatic carbocycles. The molecular weight excluding hydrogens is 311 g/mol. The number of carbonyl (C=O) groups excluding carboxylic acids is 1. The molecule has 0 aliphatic heterocycles. The Balaban J connectivity index is 1.64. The summed E-state index contributed by atoms with van der Waals surface area (Å²) in [7, 11) is 0. The first-order valence-electron chi connectivity index (χ1n) is 7.58. The van der Waals surface area contributed by atoms with Crippen molar-refractivity contribution in [2.75, 3.05) is 5.32 Å². The van der Waals surface area contributed by atoms with Gasteiger partial charge < -0.3 is 19.7 Å². The number of urea groups is 1. The minimum atomic E-state index is -0.520. The Morgan fingerprint density at radius 1 is 1.29 bits per heavy atom. The third-order valence-corrected chi connectivity index (χ3v) is 3.49. The van der Waals surface area contributed by atoms with Crippen molar-refractivity contribution in [3.63, 3.8) is 0 Å². The smallest absolute Gasteiger partial charge is 0.319 e. The number of benzene rings is 1. The van der Waals surface area contributed by atoms with Gasteiger partial charge in [0.15, 0.2) is 5.76 Å². The molecule has 0 fully saturated rings. The normalized spacial score (nSPS) is 10.6. The highest BCUT2D eigenvalue weighted by atomic mass is 19.1. The zero-order chi connectivity index (χ0) is 16.9. The molecule has 0 aliphatic carbocycles. The summed E-state index contributed by atoms with van der Waals surface area (Å²) in [6.45, 7) is 2.14. The lowest BCUT2D eigenvalue weighted by molar-refractivity contribution is 0.250. The molecule has 0 saturated heterocycles. The van der Waals surface area contributed by atoms with Gasteiger partial charge in [-0.2, -0.15) is 0 Å². The van der Waals surface area contributed by atoms with Gasteiger partial charge in [0, 0.05) is 24.1 Å². The van der Waals surface area contributed by atoms with E-state index in [0.717, 1.165) is 17.8 Å². The highest BCUT2D eigenvalue weighted by molar-refractivity contribution is 5.89. The SMILES string of the molecule is CCc1cc(CNC(=O)Nc2cc(-n3cccc3)ccc2F)on1. The van der Waals surface area contributed by atoms with Gasteiger partial charge in [0.2, 0.25) is 0 Å². The topological polar surface area (TPSA) is 72.1 Å². The van der Waals surface area contributed by atoms with Crippen LogP contribution in [0.5, 0.6) is 0 Å². The van der Waals surface area contributed by atoms with Gasteiger partial charge in [-0.1, -0.05) is 12.1 Å². The fraction of sp³-hybridized carbons (Fsp3) is 0.176. The number of nitrogens with one attached hydrogen (secondary N) is 2. The minimum absolute atomic E-state index is 0.102. The van der Waals surface area contributed by atoms with E-state index in [4.69, 9.17) is 4.52 Å². The van der Waals surface area contributed by atoms with Gasteiger partial charge in [0.05, 0.1) is 17.9 Å². The predicted octanol–water partition coefficient (Wildman–Crippen LogP) is 3.49. The van der Waals surface area contributed by atoms with Gasteiger partial charge in [-0.3, -0.25) is 0 Å². The number of anilines is 1. The fourth-order valence-electron chi connectivity index (χ4n) is 2.22. The standard InChI is InChI=1S/C17H17FN4O2/c1-2-12-9-14(24-21-12)11-19-17(23)20-16-10-13(5-6-15(16)18)22-7-3-4-8-22/h3-10H,2,11H2,1H3,(H2,19,20,23). The molecule has 2 heterocycles. The van der Waals surface area contributed by atoms with E-state index < -0.39 is 11.8 Å². The molecule has 0 bridgehead atoms. The van der Waals surface area contributed by atoms with Crippen molar-refractivity contribution in [1.82, 2.24) is 15.0 Å². The van der Waals surface area contributed by atoms with Crippen LogP contribution < -0.4 is 10.6 Å². The van der Waals surface area contributed by atoms with E-state index in [1.165, 1.54) is 6.07 Å². The fourth-order valence-corrected chi connectivity index (χ4v) is 2.22. The first-order chi connectivity index (χ1) is 11.7. The second-order valence-electron chi connectivity index (χ2n) is 5.20. The molecule has 0 spiro atoms. The van der Waals surface area contributed by atoms with Crippen molar-refractivity contribution in [3.8, 4) is 5.69 Å². The lowest BCUT2D eigenvalue weighted by Gasteiger charge is -2.10. The van der Waals surface area contributed by atoms with Crippen LogP contribution in [0.2, 0.25) is 0 Å². The van der Waals surface area contributed by atoms with Crippen LogP contribution in [-0.2, 0) is 13.0 Å². The first kappa shape index (κ1) is 15.8. The van der Waals surface area contributed by atoms with Crippen LogP contribution >= 0.6 is 0 Å². The summed E-state index contributed by atoms with van der Waals surface area (Å²) in [5.74, 6) is 0.0394. The molecule has 24 heavy (non-hydrogen) atoms. The number of rotatable bonds is 5. The summed E-state index contributed by atoms with van der Waals surface area (Å²) < 4.78 is 20.8. The molecule has 0 saturated carbocycles. The molecule has 3 rings (SSSR count). The number of aryl methyl sites for hydroxylation is 1. The summed E-state index contributed by atoms with van der Waals surface area (Å²) in [4.78, 5) is 12.0. The van der Waals surface area contributed by atoms with Crippen molar-refractivity contribution in [1.29, 1.82) is 0 Å². The summed E-state index contributed by atoms with van der Waals surface area (Å²) in [6.07, 6.45) is 4.44. The third-order valence-electron chi connectivity index (χ3n) is 3.49. The maximum atomic E-state index is 13.9. The Hall–Kier alpha value is -3.09. The van der Waals surface area contributed by atoms with Gasteiger partial charge in [-0.05, 0) is 36.8 Å². The number of hydrogen-bond donors (Lipinski definition) is 2. The van der Waals surface area contributed by atoms with E-state index in [2.05, 4.69) is 15.8 Å². The van der Waals surface area contributed by atoms with Crippen LogP contribution in [0.1, 0.15) is 18.4 Å². The van der Waals surface area contributed by atoms with Gasteiger partial charge >= 0.3 is 6.03 Å². The van der Waals surface area contributed by atoms with Gasteiger partial charge in [0.25, 0.3) is 0 Å². The van der Waals surface area contributed by atoms with E-state index >= 15 is 0 Å². The lowest BCUT2D eigenvalue weighted by Crippen LogP contribution is -2.28. The monoisotopic (exact) mass is 328 g/mol. The lowest BCUT2D eigenvalue weighted by atomic mass is 10.2. The van der Waals surface area contributed by atoms with Crippen molar-refractivity contribution >= 4 is 11.7 Å². The zero-order valence-electron chi connectivity index (χ0n) is 13.1. The molecule has 7 heteroatoms. The molecule has 124 valence electrons. The summed E-state index contributed by atoms with van der Waals surface area (Å²) in [6, 6.07) is 9.50. The van der Waals surface area contributed by atoms with Crippen LogP contribution in [0.15, 0.2) is 53.3 Å². The third kappa shape index (κ3) is 3.62. The molecule has 6 nitrogen and oxygen atoms in total. The second kappa shape index (κ2) is 6.99. The predicted molar refractivity (Wildman–Crippen MR) is 87.5 cm³/mol. The molecular formula is C17H17FN4O2. The van der Waals surface area contributed by atoms with E-state index in [1.807, 2.05) is 36.0 Å².